The fourth-order valence-corrected chi connectivity index (χ4v) is 2.02. The Hall–Kier alpha value is -2.04. The Labute approximate surface area is 112 Å². The zero-order valence-electron chi connectivity index (χ0n) is 11.3. The van der Waals surface area contributed by atoms with Gasteiger partial charge in [-0.2, -0.15) is 10.1 Å². The second kappa shape index (κ2) is 4.57. The maximum atomic E-state index is 5.90. The fraction of sp³-hybridized carbons (Fsp3) is 0.429. The Morgan fingerprint density at radius 1 is 1.37 bits per heavy atom. The van der Waals surface area contributed by atoms with Gasteiger partial charge in [0.2, 0.25) is 5.88 Å². The Morgan fingerprint density at radius 2 is 2.16 bits per heavy atom. The molecule has 1 aliphatic carbocycles. The standard InChI is InChI=1S/C14H18N4O/c1-9-7-10(2)18(17-9)13-6-5-12(15)14(16-13)19-8-11-3-4-11/h5-7,11H,3-4,8,15H2,1-2H3. The molecule has 1 saturated carbocycles. The van der Waals surface area contributed by atoms with Crippen molar-refractivity contribution < 1.29 is 4.74 Å². The molecule has 0 atom stereocenters. The molecule has 2 aromatic rings. The number of aryl methyl sites for hydroxylation is 2. The first-order valence-corrected chi connectivity index (χ1v) is 6.56. The molecule has 2 heterocycles. The molecule has 3 rings (SSSR count). The zero-order chi connectivity index (χ0) is 13.4. The molecular formula is C14H18N4O. The second-order valence-corrected chi connectivity index (χ2v) is 5.16. The van der Waals surface area contributed by atoms with Crippen molar-refractivity contribution in [2.75, 3.05) is 12.3 Å². The molecule has 1 aliphatic rings. The monoisotopic (exact) mass is 258 g/mol. The van der Waals surface area contributed by atoms with Crippen molar-refractivity contribution in [2.24, 2.45) is 5.92 Å². The highest BCUT2D eigenvalue weighted by Crippen LogP contribution is 2.30. The van der Waals surface area contributed by atoms with Crippen molar-refractivity contribution in [1.29, 1.82) is 0 Å². The van der Waals surface area contributed by atoms with Gasteiger partial charge in [-0.25, -0.2) is 4.68 Å². The van der Waals surface area contributed by atoms with Gasteiger partial charge < -0.3 is 10.5 Å². The van der Waals surface area contributed by atoms with Crippen LogP contribution < -0.4 is 10.5 Å². The maximum absolute atomic E-state index is 5.90. The van der Waals surface area contributed by atoms with E-state index in [4.69, 9.17) is 10.5 Å². The van der Waals surface area contributed by atoms with E-state index in [-0.39, 0.29) is 0 Å². The SMILES string of the molecule is Cc1cc(C)n(-c2ccc(N)c(OCC3CC3)n2)n1. The first kappa shape index (κ1) is 12.0. The van der Waals surface area contributed by atoms with Crippen LogP contribution in [-0.4, -0.2) is 21.4 Å². The van der Waals surface area contributed by atoms with Gasteiger partial charge in [-0.1, -0.05) is 0 Å². The van der Waals surface area contributed by atoms with Gasteiger partial charge in [-0.05, 0) is 50.8 Å². The third-order valence-electron chi connectivity index (χ3n) is 3.25. The van der Waals surface area contributed by atoms with Crippen LogP contribution in [-0.2, 0) is 0 Å². The van der Waals surface area contributed by atoms with E-state index < -0.39 is 0 Å². The lowest BCUT2D eigenvalue weighted by Gasteiger charge is -2.10. The van der Waals surface area contributed by atoms with E-state index in [1.807, 2.05) is 32.0 Å². The van der Waals surface area contributed by atoms with Crippen LogP contribution in [0.1, 0.15) is 24.2 Å². The lowest BCUT2D eigenvalue weighted by molar-refractivity contribution is 0.290. The van der Waals surface area contributed by atoms with E-state index in [9.17, 15) is 0 Å². The van der Waals surface area contributed by atoms with Crippen molar-refractivity contribution >= 4 is 5.69 Å². The number of ether oxygens (including phenoxy) is 1. The number of hydrogen-bond donors (Lipinski definition) is 1. The van der Waals surface area contributed by atoms with E-state index in [0.717, 1.165) is 17.2 Å². The quantitative estimate of drug-likeness (QED) is 0.913. The number of aromatic nitrogens is 3. The largest absolute Gasteiger partial charge is 0.476 e. The molecule has 0 amide bonds. The molecule has 2 N–H and O–H groups in total. The summed E-state index contributed by atoms with van der Waals surface area (Å²) in [7, 11) is 0. The number of nitrogens with two attached hydrogens (primary N) is 1. The normalized spacial score (nSPS) is 14.6. The van der Waals surface area contributed by atoms with Gasteiger partial charge in [0.15, 0.2) is 5.82 Å². The van der Waals surface area contributed by atoms with Crippen molar-refractivity contribution in [3.63, 3.8) is 0 Å². The average Bonchev–Trinajstić information content (AvgIpc) is 3.13. The summed E-state index contributed by atoms with van der Waals surface area (Å²) in [6.07, 6.45) is 2.49. The Bertz CT molecular complexity index is 601. The van der Waals surface area contributed by atoms with E-state index in [0.29, 0.717) is 24.1 Å². The number of anilines is 1. The molecule has 19 heavy (non-hydrogen) atoms. The molecule has 2 aromatic heterocycles. The van der Waals surface area contributed by atoms with Crippen LogP contribution in [0.2, 0.25) is 0 Å². The summed E-state index contributed by atoms with van der Waals surface area (Å²) in [5.41, 5.74) is 8.49. The smallest absolute Gasteiger partial charge is 0.239 e. The number of hydrogen-bond acceptors (Lipinski definition) is 4. The van der Waals surface area contributed by atoms with Gasteiger partial charge >= 0.3 is 0 Å². The molecule has 0 spiro atoms. The van der Waals surface area contributed by atoms with Crippen molar-refractivity contribution in [1.82, 2.24) is 14.8 Å². The van der Waals surface area contributed by atoms with Crippen LogP contribution in [0.4, 0.5) is 5.69 Å². The number of rotatable bonds is 4. The average molecular weight is 258 g/mol. The number of pyridine rings is 1. The predicted molar refractivity (Wildman–Crippen MR) is 73.5 cm³/mol. The molecular weight excluding hydrogens is 240 g/mol. The van der Waals surface area contributed by atoms with Crippen LogP contribution in [0.15, 0.2) is 18.2 Å². The summed E-state index contributed by atoms with van der Waals surface area (Å²) in [5, 5.41) is 4.42. The Morgan fingerprint density at radius 3 is 2.79 bits per heavy atom. The van der Waals surface area contributed by atoms with Crippen LogP contribution in [0.5, 0.6) is 5.88 Å². The highest BCUT2D eigenvalue weighted by molar-refractivity contribution is 5.50. The molecule has 0 unspecified atom stereocenters. The van der Waals surface area contributed by atoms with Gasteiger partial charge in [0.25, 0.3) is 0 Å². The fourth-order valence-electron chi connectivity index (χ4n) is 2.02. The Balaban J connectivity index is 1.89. The zero-order valence-corrected chi connectivity index (χ0v) is 11.3. The molecule has 1 fully saturated rings. The van der Waals surface area contributed by atoms with Gasteiger partial charge in [0.1, 0.15) is 0 Å². The minimum Gasteiger partial charge on any atom is -0.476 e. The highest BCUT2D eigenvalue weighted by Gasteiger charge is 2.22. The van der Waals surface area contributed by atoms with Gasteiger partial charge in [0.05, 0.1) is 18.0 Å². The lowest BCUT2D eigenvalue weighted by atomic mass is 10.3. The first-order chi connectivity index (χ1) is 9.13. The molecule has 100 valence electrons. The van der Waals surface area contributed by atoms with Crippen LogP contribution >= 0.6 is 0 Å². The lowest BCUT2D eigenvalue weighted by Crippen LogP contribution is -2.07. The summed E-state index contributed by atoms with van der Waals surface area (Å²) in [6.45, 7) is 4.67. The molecule has 0 aliphatic heterocycles. The van der Waals surface area contributed by atoms with E-state index >= 15 is 0 Å². The predicted octanol–water partition coefficient (Wildman–Crippen LogP) is 2.26. The topological polar surface area (TPSA) is 66.0 Å². The van der Waals surface area contributed by atoms with Gasteiger partial charge in [0, 0.05) is 5.69 Å². The van der Waals surface area contributed by atoms with Crippen LogP contribution in [0, 0.1) is 19.8 Å². The molecule has 0 bridgehead atoms. The summed E-state index contributed by atoms with van der Waals surface area (Å²) in [6, 6.07) is 5.70. The minimum atomic E-state index is 0.511. The summed E-state index contributed by atoms with van der Waals surface area (Å²) < 4.78 is 7.50. The Kier molecular flexibility index (Phi) is 2.89. The maximum Gasteiger partial charge on any atom is 0.239 e. The number of nitrogens with zero attached hydrogens (tertiary/aromatic N) is 3. The van der Waals surface area contributed by atoms with Crippen LogP contribution in [0.25, 0.3) is 5.82 Å². The van der Waals surface area contributed by atoms with E-state index in [1.54, 1.807) is 4.68 Å². The van der Waals surface area contributed by atoms with Crippen molar-refractivity contribution in [2.45, 2.75) is 26.7 Å². The molecule has 0 aromatic carbocycles. The van der Waals surface area contributed by atoms with Crippen molar-refractivity contribution in [3.8, 4) is 11.7 Å². The van der Waals surface area contributed by atoms with E-state index in [1.165, 1.54) is 12.8 Å². The number of nitrogen functional groups attached to an aromatic ring is 1. The molecule has 5 nitrogen and oxygen atoms in total. The second-order valence-electron chi connectivity index (χ2n) is 5.16. The third kappa shape index (κ3) is 2.54. The first-order valence-electron chi connectivity index (χ1n) is 6.56. The van der Waals surface area contributed by atoms with Gasteiger partial charge in [-0.3, -0.25) is 0 Å². The minimum absolute atomic E-state index is 0.511. The summed E-state index contributed by atoms with van der Waals surface area (Å²) in [5.74, 6) is 1.93. The van der Waals surface area contributed by atoms with E-state index in [2.05, 4.69) is 10.1 Å². The van der Waals surface area contributed by atoms with Crippen LogP contribution in [0.3, 0.4) is 0 Å². The summed E-state index contributed by atoms with van der Waals surface area (Å²) in [4.78, 5) is 4.47. The summed E-state index contributed by atoms with van der Waals surface area (Å²) >= 11 is 0. The highest BCUT2D eigenvalue weighted by atomic mass is 16.5. The molecule has 5 heteroatoms. The molecule has 0 radical (unpaired) electrons. The van der Waals surface area contributed by atoms with Gasteiger partial charge in [-0.15, -0.1) is 0 Å². The molecule has 0 saturated heterocycles. The third-order valence-corrected chi connectivity index (χ3v) is 3.25. The van der Waals surface area contributed by atoms with Crippen molar-refractivity contribution in [3.05, 3.63) is 29.6 Å².